The van der Waals surface area contributed by atoms with Crippen LogP contribution in [0.4, 0.5) is 0 Å². The molecule has 0 aromatic rings. The Balaban J connectivity index is 2.11. The summed E-state index contributed by atoms with van der Waals surface area (Å²) < 4.78 is 0. The standard InChI is InChI=1S/C11H19NO2/c1-7-5-9(11(13)14)10(8-3-4-8)12(2)6-7/h7-10H,3-6H2,1-2H3,(H,13,14). The van der Waals surface area contributed by atoms with Crippen LogP contribution in [0.25, 0.3) is 0 Å². The third kappa shape index (κ3) is 1.78. The first-order valence-corrected chi connectivity index (χ1v) is 5.52. The molecule has 14 heavy (non-hydrogen) atoms. The van der Waals surface area contributed by atoms with E-state index in [1.807, 2.05) is 0 Å². The van der Waals surface area contributed by atoms with Crippen LogP contribution in [0.2, 0.25) is 0 Å². The van der Waals surface area contributed by atoms with Gasteiger partial charge < -0.3 is 10.0 Å². The average molecular weight is 197 g/mol. The minimum absolute atomic E-state index is 0.128. The van der Waals surface area contributed by atoms with Crippen molar-refractivity contribution in [2.24, 2.45) is 17.8 Å². The van der Waals surface area contributed by atoms with Gasteiger partial charge in [0, 0.05) is 12.6 Å². The van der Waals surface area contributed by atoms with Gasteiger partial charge in [0.25, 0.3) is 0 Å². The van der Waals surface area contributed by atoms with Crippen molar-refractivity contribution in [1.29, 1.82) is 0 Å². The first-order valence-electron chi connectivity index (χ1n) is 5.52. The Morgan fingerprint density at radius 1 is 1.43 bits per heavy atom. The van der Waals surface area contributed by atoms with Gasteiger partial charge in [0.2, 0.25) is 0 Å². The third-order valence-electron chi connectivity index (χ3n) is 3.60. The van der Waals surface area contributed by atoms with Gasteiger partial charge in [0.1, 0.15) is 0 Å². The van der Waals surface area contributed by atoms with Crippen molar-refractivity contribution in [2.75, 3.05) is 13.6 Å². The molecule has 0 aromatic heterocycles. The molecule has 0 bridgehead atoms. The van der Waals surface area contributed by atoms with Gasteiger partial charge in [-0.05, 0) is 38.1 Å². The fourth-order valence-electron chi connectivity index (χ4n) is 2.94. The topological polar surface area (TPSA) is 40.5 Å². The van der Waals surface area contributed by atoms with Crippen LogP contribution in [-0.2, 0) is 4.79 Å². The van der Waals surface area contributed by atoms with Crippen LogP contribution >= 0.6 is 0 Å². The molecule has 2 aliphatic rings. The zero-order valence-corrected chi connectivity index (χ0v) is 8.94. The molecule has 0 amide bonds. The number of hydrogen-bond donors (Lipinski definition) is 1. The van der Waals surface area contributed by atoms with E-state index in [0.717, 1.165) is 13.0 Å². The van der Waals surface area contributed by atoms with Gasteiger partial charge in [-0.1, -0.05) is 6.92 Å². The predicted molar refractivity (Wildman–Crippen MR) is 54.0 cm³/mol. The molecule has 3 unspecified atom stereocenters. The highest BCUT2D eigenvalue weighted by Gasteiger charge is 2.45. The number of carboxylic acid groups (broad SMARTS) is 1. The van der Waals surface area contributed by atoms with E-state index in [2.05, 4.69) is 18.9 Å². The summed E-state index contributed by atoms with van der Waals surface area (Å²) >= 11 is 0. The summed E-state index contributed by atoms with van der Waals surface area (Å²) in [6.07, 6.45) is 3.32. The largest absolute Gasteiger partial charge is 0.481 e. The van der Waals surface area contributed by atoms with E-state index in [4.69, 9.17) is 0 Å². The molecule has 1 saturated heterocycles. The number of aliphatic carboxylic acids is 1. The van der Waals surface area contributed by atoms with Gasteiger partial charge in [-0.25, -0.2) is 0 Å². The van der Waals surface area contributed by atoms with Crippen LogP contribution in [0, 0.1) is 17.8 Å². The van der Waals surface area contributed by atoms with E-state index >= 15 is 0 Å². The summed E-state index contributed by atoms with van der Waals surface area (Å²) in [5.41, 5.74) is 0. The van der Waals surface area contributed by atoms with Gasteiger partial charge in [-0.2, -0.15) is 0 Å². The van der Waals surface area contributed by atoms with E-state index in [1.54, 1.807) is 0 Å². The maximum absolute atomic E-state index is 11.2. The molecule has 1 saturated carbocycles. The van der Waals surface area contributed by atoms with E-state index in [0.29, 0.717) is 17.9 Å². The minimum atomic E-state index is -0.597. The fourth-order valence-corrected chi connectivity index (χ4v) is 2.94. The van der Waals surface area contributed by atoms with Gasteiger partial charge in [0.05, 0.1) is 5.92 Å². The SMILES string of the molecule is CC1CC(C(=O)O)C(C2CC2)N(C)C1. The summed E-state index contributed by atoms with van der Waals surface area (Å²) in [5, 5.41) is 9.19. The number of rotatable bonds is 2. The number of carbonyl (C=O) groups is 1. The molecule has 1 aliphatic carbocycles. The molecule has 3 atom stereocenters. The number of hydrogen-bond acceptors (Lipinski definition) is 2. The molecule has 3 nitrogen and oxygen atoms in total. The molecule has 0 spiro atoms. The summed E-state index contributed by atoms with van der Waals surface area (Å²) in [5.74, 6) is 0.459. The summed E-state index contributed by atoms with van der Waals surface area (Å²) in [7, 11) is 2.08. The van der Waals surface area contributed by atoms with Crippen LogP contribution in [0.5, 0.6) is 0 Å². The molecule has 0 radical (unpaired) electrons. The van der Waals surface area contributed by atoms with Crippen molar-refractivity contribution in [3.05, 3.63) is 0 Å². The Bertz CT molecular complexity index is 237. The van der Waals surface area contributed by atoms with E-state index in [-0.39, 0.29) is 5.92 Å². The number of carboxylic acids is 1. The van der Waals surface area contributed by atoms with Gasteiger partial charge >= 0.3 is 5.97 Å². The Hall–Kier alpha value is -0.570. The molecule has 1 heterocycles. The summed E-state index contributed by atoms with van der Waals surface area (Å²) in [6.45, 7) is 3.21. The Morgan fingerprint density at radius 2 is 2.07 bits per heavy atom. The third-order valence-corrected chi connectivity index (χ3v) is 3.60. The van der Waals surface area contributed by atoms with Crippen LogP contribution in [0.15, 0.2) is 0 Å². The van der Waals surface area contributed by atoms with Crippen molar-refractivity contribution in [2.45, 2.75) is 32.2 Å². The van der Waals surface area contributed by atoms with Crippen molar-refractivity contribution < 1.29 is 9.90 Å². The zero-order valence-electron chi connectivity index (χ0n) is 8.94. The second kappa shape index (κ2) is 3.54. The second-order valence-corrected chi connectivity index (χ2v) is 5.05. The van der Waals surface area contributed by atoms with Crippen LogP contribution < -0.4 is 0 Å². The van der Waals surface area contributed by atoms with E-state index < -0.39 is 5.97 Å². The van der Waals surface area contributed by atoms with Crippen molar-refractivity contribution >= 4 is 5.97 Å². The monoisotopic (exact) mass is 197 g/mol. The number of piperidine rings is 1. The molecular formula is C11H19NO2. The molecule has 3 heteroatoms. The minimum Gasteiger partial charge on any atom is -0.481 e. The first kappa shape index (κ1) is 9.97. The molecule has 1 N–H and O–H groups in total. The number of nitrogens with zero attached hydrogens (tertiary/aromatic N) is 1. The molecule has 80 valence electrons. The Kier molecular flexibility index (Phi) is 2.52. The highest BCUT2D eigenvalue weighted by atomic mass is 16.4. The normalized spacial score (nSPS) is 39.7. The smallest absolute Gasteiger partial charge is 0.308 e. The maximum Gasteiger partial charge on any atom is 0.308 e. The van der Waals surface area contributed by atoms with Gasteiger partial charge in [-0.15, -0.1) is 0 Å². The van der Waals surface area contributed by atoms with Crippen molar-refractivity contribution in [1.82, 2.24) is 4.90 Å². The summed E-state index contributed by atoms with van der Waals surface area (Å²) in [6, 6.07) is 0.309. The lowest BCUT2D eigenvalue weighted by Gasteiger charge is -2.40. The van der Waals surface area contributed by atoms with Crippen molar-refractivity contribution in [3.63, 3.8) is 0 Å². The maximum atomic E-state index is 11.2. The summed E-state index contributed by atoms with van der Waals surface area (Å²) in [4.78, 5) is 13.4. The lowest BCUT2D eigenvalue weighted by atomic mass is 9.82. The highest BCUT2D eigenvalue weighted by molar-refractivity contribution is 5.71. The van der Waals surface area contributed by atoms with Crippen molar-refractivity contribution in [3.8, 4) is 0 Å². The van der Waals surface area contributed by atoms with E-state index in [9.17, 15) is 9.90 Å². The second-order valence-electron chi connectivity index (χ2n) is 5.05. The fraction of sp³-hybridized carbons (Fsp3) is 0.909. The molecule has 0 aromatic carbocycles. The highest BCUT2D eigenvalue weighted by Crippen LogP contribution is 2.42. The molecule has 1 aliphatic heterocycles. The zero-order chi connectivity index (χ0) is 10.3. The lowest BCUT2D eigenvalue weighted by molar-refractivity contribution is -0.147. The van der Waals surface area contributed by atoms with Gasteiger partial charge in [-0.3, -0.25) is 4.79 Å². The van der Waals surface area contributed by atoms with Crippen LogP contribution in [0.1, 0.15) is 26.2 Å². The Morgan fingerprint density at radius 3 is 2.57 bits per heavy atom. The molecular weight excluding hydrogens is 178 g/mol. The quantitative estimate of drug-likeness (QED) is 0.728. The van der Waals surface area contributed by atoms with Crippen LogP contribution in [-0.4, -0.2) is 35.6 Å². The molecule has 2 rings (SSSR count). The van der Waals surface area contributed by atoms with Gasteiger partial charge in [0.15, 0.2) is 0 Å². The predicted octanol–water partition coefficient (Wildman–Crippen LogP) is 1.44. The van der Waals surface area contributed by atoms with E-state index in [1.165, 1.54) is 12.8 Å². The lowest BCUT2D eigenvalue weighted by Crippen LogP contribution is -2.49. The first-order chi connectivity index (χ1) is 6.59. The number of likely N-dealkylation sites (tertiary alicyclic amines) is 1. The average Bonchev–Trinajstić information content (AvgIpc) is 2.85. The molecule has 2 fully saturated rings. The van der Waals surface area contributed by atoms with Crippen LogP contribution in [0.3, 0.4) is 0 Å². The Labute approximate surface area is 85.1 Å².